The first-order valence-corrected chi connectivity index (χ1v) is 12.6. The number of nitrogens with zero attached hydrogens (tertiary/aromatic N) is 4. The maximum atomic E-state index is 13.4. The Labute approximate surface area is 239 Å². The van der Waals surface area contributed by atoms with Gasteiger partial charge < -0.3 is 19.5 Å². The van der Waals surface area contributed by atoms with Crippen LogP contribution in [0.2, 0.25) is 0 Å². The second kappa shape index (κ2) is 12.7. The van der Waals surface area contributed by atoms with Gasteiger partial charge in [0.05, 0.1) is 23.1 Å². The molecule has 0 atom stereocenters. The molecule has 5 rings (SSSR count). The number of aromatic nitrogens is 2. The van der Waals surface area contributed by atoms with Gasteiger partial charge in [0.25, 0.3) is 0 Å². The Hall–Kier alpha value is -2.71. The molecule has 1 saturated heterocycles. The zero-order chi connectivity index (χ0) is 24.9. The molecule has 0 spiro atoms. The van der Waals surface area contributed by atoms with Crippen molar-refractivity contribution in [3.05, 3.63) is 95.3 Å². The summed E-state index contributed by atoms with van der Waals surface area (Å²) in [6.07, 6.45) is 2.99. The molecule has 1 aliphatic heterocycles. The van der Waals surface area contributed by atoms with E-state index in [1.165, 1.54) is 12.1 Å². The van der Waals surface area contributed by atoms with E-state index < -0.39 is 5.97 Å². The predicted molar refractivity (Wildman–Crippen MR) is 140 cm³/mol. The van der Waals surface area contributed by atoms with E-state index >= 15 is 0 Å². The van der Waals surface area contributed by atoms with Crippen LogP contribution in [-0.4, -0.2) is 58.3 Å². The molecular weight excluding hydrogens is 478 g/mol. The van der Waals surface area contributed by atoms with Crippen molar-refractivity contribution in [2.75, 3.05) is 37.6 Å². The fourth-order valence-corrected chi connectivity index (χ4v) is 4.95. The third kappa shape index (κ3) is 6.79. The molecule has 0 radical (unpaired) electrons. The molecule has 0 bridgehead atoms. The molecule has 2 heterocycles. The van der Waals surface area contributed by atoms with Crippen LogP contribution in [0.5, 0.6) is 0 Å². The van der Waals surface area contributed by atoms with E-state index in [1.54, 1.807) is 12.1 Å². The van der Waals surface area contributed by atoms with Crippen LogP contribution in [0.4, 0.5) is 10.3 Å². The van der Waals surface area contributed by atoms with E-state index in [-0.39, 0.29) is 35.4 Å². The fraction of sp³-hybridized carbons (Fsp3) is 0.310. The SMILES string of the molecule is O=C(O)c1ccc(CCN2CCCN(c3nc4ccccc4n3Cc3ccc(F)cc3)CCC2)cc1.[Na+]. The summed E-state index contributed by atoms with van der Waals surface area (Å²) in [4.78, 5) is 21.0. The largest absolute Gasteiger partial charge is 1.00 e. The number of halogens is 1. The van der Waals surface area contributed by atoms with Crippen LogP contribution < -0.4 is 34.5 Å². The van der Waals surface area contributed by atoms with Crippen molar-refractivity contribution in [2.45, 2.75) is 25.8 Å². The van der Waals surface area contributed by atoms with Crippen LogP contribution in [0.15, 0.2) is 72.8 Å². The molecule has 6 nitrogen and oxygen atoms in total. The number of para-hydroxylation sites is 2. The van der Waals surface area contributed by atoms with Gasteiger partial charge in [0.15, 0.2) is 0 Å². The number of rotatable bonds is 7. The summed E-state index contributed by atoms with van der Waals surface area (Å²) in [5.41, 5.74) is 4.62. The minimum atomic E-state index is -0.888. The average Bonchev–Trinajstić information content (AvgIpc) is 3.23. The van der Waals surface area contributed by atoms with Crippen molar-refractivity contribution >= 4 is 23.0 Å². The number of hydrogen-bond acceptors (Lipinski definition) is 4. The smallest absolute Gasteiger partial charge is 0.478 e. The standard InChI is InChI=1S/C29H31FN4O2.Na/c30-25-13-9-23(10-14-25)21-34-27-6-2-1-5-26(27)31-29(34)33-18-3-16-32(17-4-19-33)20-15-22-7-11-24(12-8-22)28(35)36;/h1-2,5-14H,3-4,15-21H2,(H,35,36);/q;+1. The second-order valence-electron chi connectivity index (χ2n) is 9.40. The number of fused-ring (bicyclic) bond motifs is 1. The summed E-state index contributed by atoms with van der Waals surface area (Å²) < 4.78 is 15.7. The fourth-order valence-electron chi connectivity index (χ4n) is 4.95. The van der Waals surface area contributed by atoms with Crippen LogP contribution in [-0.2, 0) is 13.0 Å². The number of hydrogen-bond donors (Lipinski definition) is 1. The molecule has 0 aliphatic carbocycles. The van der Waals surface area contributed by atoms with Crippen LogP contribution in [0.1, 0.15) is 34.3 Å². The maximum absolute atomic E-state index is 13.4. The van der Waals surface area contributed by atoms with Crippen LogP contribution in [0.25, 0.3) is 11.0 Å². The summed E-state index contributed by atoms with van der Waals surface area (Å²) in [6, 6.07) is 22.1. The van der Waals surface area contributed by atoms with Crippen molar-refractivity contribution in [2.24, 2.45) is 0 Å². The number of aromatic carboxylic acids is 1. The molecular formula is C29H31FN4NaO2+. The molecule has 4 aromatic rings. The zero-order valence-electron chi connectivity index (χ0n) is 21.3. The quantitative estimate of drug-likeness (QED) is 0.387. The number of imidazole rings is 1. The minimum Gasteiger partial charge on any atom is -0.478 e. The van der Waals surface area contributed by atoms with Gasteiger partial charge >= 0.3 is 35.5 Å². The van der Waals surface area contributed by atoms with Crippen molar-refractivity contribution < 1.29 is 43.8 Å². The first-order valence-electron chi connectivity index (χ1n) is 12.6. The molecule has 1 aromatic heterocycles. The summed E-state index contributed by atoms with van der Waals surface area (Å²) in [7, 11) is 0. The van der Waals surface area contributed by atoms with Crippen LogP contribution >= 0.6 is 0 Å². The Balaban J connectivity index is 0.00000320. The van der Waals surface area contributed by atoms with Crippen molar-refractivity contribution in [1.82, 2.24) is 14.5 Å². The average molecular weight is 510 g/mol. The summed E-state index contributed by atoms with van der Waals surface area (Å²) in [5.74, 6) is -0.131. The van der Waals surface area contributed by atoms with Crippen LogP contribution in [0, 0.1) is 5.82 Å². The Kier molecular flexibility index (Phi) is 9.38. The predicted octanol–water partition coefficient (Wildman–Crippen LogP) is 2.07. The summed E-state index contributed by atoms with van der Waals surface area (Å²) >= 11 is 0. The van der Waals surface area contributed by atoms with E-state index in [9.17, 15) is 9.18 Å². The zero-order valence-corrected chi connectivity index (χ0v) is 23.3. The van der Waals surface area contributed by atoms with Gasteiger partial charge in [-0.15, -0.1) is 0 Å². The van der Waals surface area contributed by atoms with Crippen molar-refractivity contribution in [1.29, 1.82) is 0 Å². The summed E-state index contributed by atoms with van der Waals surface area (Å²) in [6.45, 7) is 5.51. The third-order valence-electron chi connectivity index (χ3n) is 6.89. The molecule has 0 unspecified atom stereocenters. The monoisotopic (exact) mass is 509 g/mol. The van der Waals surface area contributed by atoms with E-state index in [0.29, 0.717) is 12.1 Å². The van der Waals surface area contributed by atoms with Gasteiger partial charge in [0.2, 0.25) is 5.95 Å². The molecule has 1 N–H and O–H groups in total. The normalized spacial score (nSPS) is 14.7. The Morgan fingerprint density at radius 3 is 2.19 bits per heavy atom. The van der Waals surface area contributed by atoms with E-state index in [1.807, 2.05) is 36.4 Å². The molecule has 1 aliphatic rings. The number of carboxylic acids is 1. The first-order chi connectivity index (χ1) is 17.6. The molecule has 0 amide bonds. The first kappa shape index (κ1) is 27.3. The van der Waals surface area contributed by atoms with Gasteiger partial charge in [-0.2, -0.15) is 0 Å². The topological polar surface area (TPSA) is 61.6 Å². The Morgan fingerprint density at radius 2 is 1.51 bits per heavy atom. The maximum Gasteiger partial charge on any atom is 1.00 e. The van der Waals surface area contributed by atoms with Gasteiger partial charge in [0, 0.05) is 19.6 Å². The van der Waals surface area contributed by atoms with Gasteiger partial charge in [0.1, 0.15) is 5.82 Å². The van der Waals surface area contributed by atoms with E-state index in [2.05, 4.69) is 26.5 Å². The van der Waals surface area contributed by atoms with E-state index in [0.717, 1.165) is 80.1 Å². The third-order valence-corrected chi connectivity index (χ3v) is 6.89. The molecule has 3 aromatic carbocycles. The number of carboxylic acid groups (broad SMARTS) is 1. The minimum absolute atomic E-state index is 0. The van der Waals surface area contributed by atoms with Gasteiger partial charge in [-0.3, -0.25) is 0 Å². The van der Waals surface area contributed by atoms with Gasteiger partial charge in [-0.1, -0.05) is 36.4 Å². The number of anilines is 1. The second-order valence-corrected chi connectivity index (χ2v) is 9.40. The number of benzene rings is 3. The molecule has 8 heteroatoms. The molecule has 0 saturated carbocycles. The number of carbonyl (C=O) groups is 1. The van der Waals surface area contributed by atoms with Crippen molar-refractivity contribution in [3.8, 4) is 0 Å². The van der Waals surface area contributed by atoms with Crippen LogP contribution in [0.3, 0.4) is 0 Å². The Morgan fingerprint density at radius 1 is 0.865 bits per heavy atom. The molecule has 186 valence electrons. The van der Waals surface area contributed by atoms with Gasteiger partial charge in [-0.05, 0) is 79.9 Å². The van der Waals surface area contributed by atoms with E-state index in [4.69, 9.17) is 10.1 Å². The molecule has 1 fully saturated rings. The summed E-state index contributed by atoms with van der Waals surface area (Å²) in [5, 5.41) is 9.08. The van der Waals surface area contributed by atoms with Gasteiger partial charge in [-0.25, -0.2) is 14.2 Å². The molecule has 37 heavy (non-hydrogen) atoms. The Bertz CT molecular complexity index is 1310. The van der Waals surface area contributed by atoms with Crippen molar-refractivity contribution in [3.63, 3.8) is 0 Å².